The number of fused-ring (bicyclic) bond motifs is 1. The van der Waals surface area contributed by atoms with Gasteiger partial charge in [-0.05, 0) is 31.0 Å². The van der Waals surface area contributed by atoms with Crippen LogP contribution in [0, 0.1) is 19.9 Å². The number of rotatable bonds is 0. The van der Waals surface area contributed by atoms with Crippen molar-refractivity contribution in [1.29, 1.82) is 0 Å². The molecule has 0 saturated carbocycles. The normalized spacial score (nSPS) is 10.6. The molecule has 1 radical (unpaired) electrons. The van der Waals surface area contributed by atoms with Gasteiger partial charge in [0.2, 0.25) is 5.88 Å². The summed E-state index contributed by atoms with van der Waals surface area (Å²) in [6.45, 7) is 4.04. The van der Waals surface area contributed by atoms with Crippen LogP contribution in [0.1, 0.15) is 11.1 Å². The van der Waals surface area contributed by atoms with Crippen molar-refractivity contribution in [2.45, 2.75) is 13.8 Å². The maximum atomic E-state index is 9.18. The molecule has 0 atom stereocenters. The summed E-state index contributed by atoms with van der Waals surface area (Å²) in [7, 11) is 0. The minimum Gasteiger partial charge on any atom is -0.493 e. The summed E-state index contributed by atoms with van der Waals surface area (Å²) in [5, 5.41) is 10.2. The van der Waals surface area contributed by atoms with Crippen LogP contribution < -0.4 is 0 Å². The van der Waals surface area contributed by atoms with E-state index < -0.39 is 0 Å². The molecule has 2 nitrogen and oxygen atoms in total. The van der Waals surface area contributed by atoms with E-state index in [-0.39, 0.29) is 5.88 Å². The Kier molecular flexibility index (Phi) is 1.69. The Balaban J connectivity index is 2.89. The maximum absolute atomic E-state index is 9.18. The molecule has 1 aromatic heterocycles. The third-order valence-electron chi connectivity index (χ3n) is 2.31. The Morgan fingerprint density at radius 1 is 1.31 bits per heavy atom. The van der Waals surface area contributed by atoms with Crippen LogP contribution in [0.3, 0.4) is 0 Å². The van der Waals surface area contributed by atoms with Crippen molar-refractivity contribution in [3.63, 3.8) is 0 Å². The topological polar surface area (TPSA) is 33.1 Å². The van der Waals surface area contributed by atoms with E-state index in [1.54, 1.807) is 6.07 Å². The lowest BCUT2D eigenvalue weighted by molar-refractivity contribution is 0.454. The first kappa shape index (κ1) is 8.05. The van der Waals surface area contributed by atoms with Crippen LogP contribution in [0.2, 0.25) is 0 Å². The van der Waals surface area contributed by atoms with Crippen LogP contribution >= 0.6 is 0 Å². The van der Waals surface area contributed by atoms with Gasteiger partial charge in [-0.2, -0.15) is 0 Å². The van der Waals surface area contributed by atoms with Crippen molar-refractivity contribution >= 4 is 10.9 Å². The fraction of sp³-hybridized carbons (Fsp3) is 0.182. The lowest BCUT2D eigenvalue weighted by Gasteiger charge is -2.04. The summed E-state index contributed by atoms with van der Waals surface area (Å²) in [5.41, 5.74) is 3.16. The standard InChI is InChI=1S/C11H10NO/c1-7-3-4-9-5-6-10(13)12-11(9)8(7)2/h3-5H,1-2H3,(H,12,13). The fourth-order valence-electron chi connectivity index (χ4n) is 1.37. The zero-order chi connectivity index (χ0) is 9.42. The number of nitrogens with zero attached hydrogens (tertiary/aromatic N) is 1. The van der Waals surface area contributed by atoms with Crippen LogP contribution in [0.4, 0.5) is 0 Å². The van der Waals surface area contributed by atoms with E-state index in [9.17, 15) is 5.11 Å². The van der Waals surface area contributed by atoms with E-state index in [2.05, 4.69) is 11.1 Å². The molecule has 0 aliphatic carbocycles. The summed E-state index contributed by atoms with van der Waals surface area (Å²) in [4.78, 5) is 4.04. The summed E-state index contributed by atoms with van der Waals surface area (Å²) in [6, 6.07) is 8.45. The molecule has 0 amide bonds. The lowest BCUT2D eigenvalue weighted by atomic mass is 10.1. The van der Waals surface area contributed by atoms with Gasteiger partial charge in [0.05, 0.1) is 5.52 Å². The summed E-state index contributed by atoms with van der Waals surface area (Å²) >= 11 is 0. The first-order valence-corrected chi connectivity index (χ1v) is 4.16. The Hall–Kier alpha value is -1.57. The number of aromatic hydroxyl groups is 1. The molecule has 1 aromatic carbocycles. The van der Waals surface area contributed by atoms with Gasteiger partial charge in [0.15, 0.2) is 0 Å². The van der Waals surface area contributed by atoms with E-state index in [0.717, 1.165) is 16.5 Å². The van der Waals surface area contributed by atoms with Crippen molar-refractivity contribution < 1.29 is 5.11 Å². The van der Waals surface area contributed by atoms with Gasteiger partial charge in [0.25, 0.3) is 0 Å². The van der Waals surface area contributed by atoms with Crippen LogP contribution in [0.5, 0.6) is 5.88 Å². The van der Waals surface area contributed by atoms with E-state index in [1.165, 1.54) is 5.56 Å². The molecule has 0 unspecified atom stereocenters. The molecule has 0 aliphatic heterocycles. The quantitative estimate of drug-likeness (QED) is 0.661. The van der Waals surface area contributed by atoms with Gasteiger partial charge < -0.3 is 5.11 Å². The SMILES string of the molecule is Cc1ccc2c[c]c(O)nc2c1C. The number of benzene rings is 1. The van der Waals surface area contributed by atoms with Gasteiger partial charge in [-0.25, -0.2) is 4.98 Å². The second-order valence-corrected chi connectivity index (χ2v) is 3.17. The van der Waals surface area contributed by atoms with E-state index in [4.69, 9.17) is 0 Å². The fourth-order valence-corrected chi connectivity index (χ4v) is 1.37. The molecule has 2 aromatic rings. The first-order valence-electron chi connectivity index (χ1n) is 4.16. The van der Waals surface area contributed by atoms with Crippen LogP contribution in [-0.4, -0.2) is 10.1 Å². The highest BCUT2D eigenvalue weighted by atomic mass is 16.3. The molecular weight excluding hydrogens is 162 g/mol. The first-order chi connectivity index (χ1) is 6.18. The number of hydrogen-bond acceptors (Lipinski definition) is 2. The molecule has 2 heteroatoms. The third-order valence-corrected chi connectivity index (χ3v) is 2.31. The van der Waals surface area contributed by atoms with Crippen LogP contribution in [0.25, 0.3) is 10.9 Å². The Morgan fingerprint density at radius 2 is 2.08 bits per heavy atom. The zero-order valence-electron chi connectivity index (χ0n) is 7.63. The van der Waals surface area contributed by atoms with Crippen molar-refractivity contribution in [1.82, 2.24) is 4.98 Å². The van der Waals surface area contributed by atoms with Gasteiger partial charge in [-0.1, -0.05) is 12.1 Å². The highest BCUT2D eigenvalue weighted by Gasteiger charge is 2.02. The summed E-state index contributed by atoms with van der Waals surface area (Å²) < 4.78 is 0. The average Bonchev–Trinajstić information content (AvgIpc) is 2.12. The summed E-state index contributed by atoms with van der Waals surface area (Å²) in [5.74, 6) is -0.0406. The Labute approximate surface area is 76.9 Å². The number of pyridine rings is 1. The minimum absolute atomic E-state index is 0.0406. The molecule has 0 aliphatic rings. The summed E-state index contributed by atoms with van der Waals surface area (Å²) in [6.07, 6.45) is 0. The van der Waals surface area contributed by atoms with Crippen LogP contribution in [0.15, 0.2) is 18.2 Å². The van der Waals surface area contributed by atoms with Crippen molar-refractivity contribution in [2.24, 2.45) is 0 Å². The van der Waals surface area contributed by atoms with Gasteiger partial charge in [-0.15, -0.1) is 0 Å². The number of aromatic nitrogens is 1. The molecule has 0 spiro atoms. The second kappa shape index (κ2) is 2.73. The van der Waals surface area contributed by atoms with Crippen molar-refractivity contribution in [3.8, 4) is 5.88 Å². The second-order valence-electron chi connectivity index (χ2n) is 3.17. The minimum atomic E-state index is -0.0406. The average molecular weight is 172 g/mol. The van der Waals surface area contributed by atoms with Gasteiger partial charge in [0.1, 0.15) is 0 Å². The molecule has 13 heavy (non-hydrogen) atoms. The van der Waals surface area contributed by atoms with E-state index in [1.807, 2.05) is 26.0 Å². The molecule has 1 N–H and O–H groups in total. The Morgan fingerprint density at radius 3 is 2.85 bits per heavy atom. The van der Waals surface area contributed by atoms with E-state index >= 15 is 0 Å². The Bertz CT molecular complexity index is 458. The van der Waals surface area contributed by atoms with Gasteiger partial charge in [-0.3, -0.25) is 0 Å². The number of hydrogen-bond donors (Lipinski definition) is 1. The maximum Gasteiger partial charge on any atom is 0.219 e. The predicted octanol–water partition coefficient (Wildman–Crippen LogP) is 2.36. The molecule has 65 valence electrons. The molecular formula is C11H10NO. The molecule has 2 rings (SSSR count). The third kappa shape index (κ3) is 1.24. The lowest BCUT2D eigenvalue weighted by Crippen LogP contribution is -1.86. The predicted molar refractivity (Wildman–Crippen MR) is 51.7 cm³/mol. The molecule has 0 fully saturated rings. The highest BCUT2D eigenvalue weighted by molar-refractivity contribution is 5.82. The number of aryl methyl sites for hydroxylation is 2. The molecule has 1 heterocycles. The molecule has 0 bridgehead atoms. The van der Waals surface area contributed by atoms with Crippen molar-refractivity contribution in [3.05, 3.63) is 35.4 Å². The van der Waals surface area contributed by atoms with Crippen molar-refractivity contribution in [2.75, 3.05) is 0 Å². The smallest absolute Gasteiger partial charge is 0.219 e. The molecule has 0 saturated heterocycles. The monoisotopic (exact) mass is 172 g/mol. The van der Waals surface area contributed by atoms with E-state index in [0.29, 0.717) is 0 Å². The van der Waals surface area contributed by atoms with Crippen LogP contribution in [-0.2, 0) is 0 Å². The van der Waals surface area contributed by atoms with Gasteiger partial charge >= 0.3 is 0 Å². The highest BCUT2D eigenvalue weighted by Crippen LogP contribution is 2.21. The largest absolute Gasteiger partial charge is 0.493 e. The van der Waals surface area contributed by atoms with Gasteiger partial charge in [0, 0.05) is 11.5 Å². The zero-order valence-corrected chi connectivity index (χ0v) is 7.63.